The lowest BCUT2D eigenvalue weighted by Gasteiger charge is -2.52. The Morgan fingerprint density at radius 2 is 1.97 bits per heavy atom. The third-order valence-electron chi connectivity index (χ3n) is 8.37. The minimum absolute atomic E-state index is 0.0316. The molecule has 0 unspecified atom stereocenters. The molecule has 0 bridgehead atoms. The van der Waals surface area contributed by atoms with E-state index in [0.29, 0.717) is 30.1 Å². The molecule has 2 fully saturated rings. The van der Waals surface area contributed by atoms with Gasteiger partial charge in [-0.05, 0) is 63.5 Å². The topological polar surface area (TPSA) is 88.1 Å². The van der Waals surface area contributed by atoms with Gasteiger partial charge in [0, 0.05) is 28.9 Å². The van der Waals surface area contributed by atoms with Crippen LogP contribution in [0.2, 0.25) is 0 Å². The van der Waals surface area contributed by atoms with Crippen LogP contribution in [0.4, 0.5) is 5.00 Å². The molecule has 0 radical (unpaired) electrons. The Kier molecular flexibility index (Phi) is 7.88. The molecule has 2 heterocycles. The third-order valence-corrected chi connectivity index (χ3v) is 9.58. The molecule has 8 heteroatoms. The van der Waals surface area contributed by atoms with Crippen LogP contribution in [-0.2, 0) is 22.4 Å². The van der Waals surface area contributed by atoms with E-state index in [1.54, 1.807) is 0 Å². The van der Waals surface area contributed by atoms with Crippen LogP contribution < -0.4 is 10.1 Å². The van der Waals surface area contributed by atoms with Crippen LogP contribution in [0.3, 0.4) is 0 Å². The first-order valence-corrected chi connectivity index (χ1v) is 14.5. The quantitative estimate of drug-likeness (QED) is 0.487. The average Bonchev–Trinajstić information content (AvgIpc) is 3.26. The molecule has 5 rings (SSSR count). The summed E-state index contributed by atoms with van der Waals surface area (Å²) in [7, 11) is 1.39. The van der Waals surface area contributed by atoms with Gasteiger partial charge >= 0.3 is 5.97 Å². The molecule has 2 N–H and O–H groups in total. The number of aliphatic hydroxyl groups is 1. The highest BCUT2D eigenvalue weighted by Crippen LogP contribution is 2.50. The van der Waals surface area contributed by atoms with E-state index in [9.17, 15) is 14.7 Å². The molecule has 7 nitrogen and oxygen atoms in total. The maximum atomic E-state index is 13.5. The Labute approximate surface area is 223 Å². The maximum Gasteiger partial charge on any atom is 0.341 e. The van der Waals surface area contributed by atoms with E-state index in [1.807, 2.05) is 25.1 Å². The molecule has 3 atom stereocenters. The van der Waals surface area contributed by atoms with E-state index < -0.39 is 5.60 Å². The largest absolute Gasteiger partial charge is 0.494 e. The average molecular weight is 527 g/mol. The number of hydrogen-bond donors (Lipinski definition) is 2. The van der Waals surface area contributed by atoms with Gasteiger partial charge in [-0.25, -0.2) is 4.79 Å². The fourth-order valence-corrected chi connectivity index (χ4v) is 7.96. The number of hydrogen-bond acceptors (Lipinski definition) is 7. The number of amides is 1. The van der Waals surface area contributed by atoms with Gasteiger partial charge in [-0.1, -0.05) is 31.0 Å². The third kappa shape index (κ3) is 5.16. The van der Waals surface area contributed by atoms with Crippen molar-refractivity contribution in [1.82, 2.24) is 4.90 Å². The predicted molar refractivity (Wildman–Crippen MR) is 144 cm³/mol. The van der Waals surface area contributed by atoms with Crippen molar-refractivity contribution in [2.45, 2.75) is 76.4 Å². The number of para-hydroxylation sites is 1. The number of piperidine rings is 1. The van der Waals surface area contributed by atoms with E-state index >= 15 is 0 Å². The summed E-state index contributed by atoms with van der Waals surface area (Å²) in [5, 5.41) is 15.3. The van der Waals surface area contributed by atoms with Gasteiger partial charge in [-0.15, -0.1) is 11.3 Å². The first-order valence-electron chi connectivity index (χ1n) is 13.7. The minimum Gasteiger partial charge on any atom is -0.494 e. The van der Waals surface area contributed by atoms with Crippen molar-refractivity contribution in [1.29, 1.82) is 0 Å². The van der Waals surface area contributed by atoms with Gasteiger partial charge in [0.15, 0.2) is 0 Å². The second-order valence-electron chi connectivity index (χ2n) is 10.5. The van der Waals surface area contributed by atoms with E-state index in [-0.39, 0.29) is 30.4 Å². The van der Waals surface area contributed by atoms with Crippen LogP contribution in [0.5, 0.6) is 5.75 Å². The van der Waals surface area contributed by atoms with Crippen molar-refractivity contribution in [3.8, 4) is 5.75 Å². The second kappa shape index (κ2) is 11.1. The number of carbonyl (C=O) groups is 2. The number of nitrogens with zero attached hydrogens (tertiary/aromatic N) is 1. The molecular weight excluding hydrogens is 488 g/mol. The standard InChI is InChI=1S/C29H38N2O5S/c1-3-36-22-13-6-4-10-19(22)26-21-12-8-9-15-29(21,34)16-17-31(26)18-24(32)30-27-25(28(33)35-2)20-11-5-7-14-23(20)37-27/h4,6,10,13,21,26,34H,3,5,7-9,11-12,14-18H2,1-2H3,(H,30,32)/t21-,26+,29-/m0/s1. The number of aryl methyl sites for hydroxylation is 1. The summed E-state index contributed by atoms with van der Waals surface area (Å²) in [6.45, 7) is 3.33. The molecule has 1 aromatic heterocycles. The van der Waals surface area contributed by atoms with Crippen molar-refractivity contribution in [2.75, 3.05) is 32.1 Å². The van der Waals surface area contributed by atoms with Crippen molar-refractivity contribution in [3.63, 3.8) is 0 Å². The number of methoxy groups -OCH3 is 1. The molecule has 1 aromatic carbocycles. The van der Waals surface area contributed by atoms with Crippen molar-refractivity contribution in [3.05, 3.63) is 45.8 Å². The maximum absolute atomic E-state index is 13.5. The molecule has 0 spiro atoms. The SMILES string of the molecule is CCOc1ccccc1[C@@H]1[C@@H]2CCCC[C@]2(O)CCN1CC(=O)Nc1sc2c(c1C(=O)OC)CCCC2. The number of thiophene rings is 1. The van der Waals surface area contributed by atoms with Crippen LogP contribution in [0.1, 0.15) is 84.3 Å². The zero-order valence-corrected chi connectivity index (χ0v) is 22.7. The number of benzene rings is 1. The number of esters is 1. The zero-order chi connectivity index (χ0) is 26.0. The number of ether oxygens (including phenoxy) is 2. The molecule has 37 heavy (non-hydrogen) atoms. The van der Waals surface area contributed by atoms with E-state index in [2.05, 4.69) is 16.3 Å². The van der Waals surface area contributed by atoms with Crippen molar-refractivity contribution in [2.24, 2.45) is 5.92 Å². The number of rotatable bonds is 7. The Morgan fingerprint density at radius 1 is 1.16 bits per heavy atom. The molecule has 1 amide bonds. The van der Waals surface area contributed by atoms with Crippen molar-refractivity contribution >= 4 is 28.2 Å². The molecule has 2 aliphatic carbocycles. The lowest BCUT2D eigenvalue weighted by molar-refractivity contribution is -0.135. The van der Waals surface area contributed by atoms with Gasteiger partial charge in [0.25, 0.3) is 0 Å². The van der Waals surface area contributed by atoms with Crippen molar-refractivity contribution < 1.29 is 24.2 Å². The van der Waals surface area contributed by atoms with Gasteiger partial charge in [0.1, 0.15) is 10.8 Å². The summed E-state index contributed by atoms with van der Waals surface area (Å²) < 4.78 is 11.1. The fourth-order valence-electron chi connectivity index (χ4n) is 6.67. The molecular formula is C29H38N2O5S. The van der Waals surface area contributed by atoms with Crippen LogP contribution in [-0.4, -0.2) is 54.3 Å². The molecule has 2 aromatic rings. The molecule has 1 saturated carbocycles. The Morgan fingerprint density at radius 3 is 2.78 bits per heavy atom. The van der Waals surface area contributed by atoms with Gasteiger partial charge in [0.05, 0.1) is 31.4 Å². The number of anilines is 1. The van der Waals surface area contributed by atoms with Gasteiger partial charge in [0.2, 0.25) is 5.91 Å². The Balaban J connectivity index is 1.43. The Bertz CT molecular complexity index is 1150. The highest BCUT2D eigenvalue weighted by molar-refractivity contribution is 7.17. The molecule has 1 saturated heterocycles. The zero-order valence-electron chi connectivity index (χ0n) is 21.9. The highest BCUT2D eigenvalue weighted by atomic mass is 32.1. The first kappa shape index (κ1) is 26.2. The summed E-state index contributed by atoms with van der Waals surface area (Å²) in [5.74, 6) is 0.311. The number of nitrogens with one attached hydrogen (secondary N) is 1. The predicted octanol–water partition coefficient (Wildman–Crippen LogP) is 5.12. The summed E-state index contributed by atoms with van der Waals surface area (Å²) in [5.41, 5.74) is 1.87. The minimum atomic E-state index is -0.722. The van der Waals surface area contributed by atoms with E-state index in [1.165, 1.54) is 23.3 Å². The van der Waals surface area contributed by atoms with Crippen LogP contribution >= 0.6 is 11.3 Å². The smallest absolute Gasteiger partial charge is 0.341 e. The number of carbonyl (C=O) groups excluding carboxylic acids is 2. The summed E-state index contributed by atoms with van der Waals surface area (Å²) in [4.78, 5) is 29.5. The van der Waals surface area contributed by atoms with Crippen LogP contribution in [0.15, 0.2) is 24.3 Å². The monoisotopic (exact) mass is 526 g/mol. The normalized spacial score (nSPS) is 25.6. The highest BCUT2D eigenvalue weighted by Gasteiger charge is 2.49. The van der Waals surface area contributed by atoms with Gasteiger partial charge < -0.3 is 19.9 Å². The van der Waals surface area contributed by atoms with Gasteiger partial charge in [-0.3, -0.25) is 9.69 Å². The van der Waals surface area contributed by atoms with Crippen LogP contribution in [0, 0.1) is 5.92 Å². The van der Waals surface area contributed by atoms with Gasteiger partial charge in [-0.2, -0.15) is 0 Å². The Hall–Kier alpha value is -2.42. The lowest BCUT2D eigenvalue weighted by atomic mass is 9.66. The summed E-state index contributed by atoms with van der Waals surface area (Å²) in [6.07, 6.45) is 8.39. The van der Waals surface area contributed by atoms with Crippen LogP contribution in [0.25, 0.3) is 0 Å². The molecule has 1 aliphatic heterocycles. The summed E-state index contributed by atoms with van der Waals surface area (Å²) in [6, 6.07) is 7.90. The molecule has 3 aliphatic rings. The van der Waals surface area contributed by atoms with E-state index in [4.69, 9.17) is 9.47 Å². The number of fused-ring (bicyclic) bond motifs is 2. The first-order chi connectivity index (χ1) is 17.9. The second-order valence-corrected chi connectivity index (χ2v) is 11.7. The lowest BCUT2D eigenvalue weighted by Crippen LogP contribution is -2.56. The van der Waals surface area contributed by atoms with E-state index in [0.717, 1.165) is 68.2 Å². The number of likely N-dealkylation sites (tertiary alicyclic amines) is 1. The fraction of sp³-hybridized carbons (Fsp3) is 0.586. The summed E-state index contributed by atoms with van der Waals surface area (Å²) >= 11 is 1.51. The molecule has 200 valence electrons.